The standard InChI is InChI=1S/C25H32N2O4/c1-5-7-9-13-27-24(28)20(18(3)21(17-26)25(27)29)15-19-11-12-22(23(16-19)30-4)31-14-10-8-6-2/h11-12,15-16H,5-10,13-14H2,1-4H3/b20-15+. The van der Waals surface area contributed by atoms with Crippen molar-refractivity contribution < 1.29 is 19.1 Å². The molecule has 0 unspecified atom stereocenters. The van der Waals surface area contributed by atoms with Gasteiger partial charge in [-0.3, -0.25) is 14.5 Å². The van der Waals surface area contributed by atoms with Gasteiger partial charge in [-0.1, -0.05) is 45.6 Å². The molecule has 0 radical (unpaired) electrons. The minimum absolute atomic E-state index is 0.0187. The van der Waals surface area contributed by atoms with E-state index in [-0.39, 0.29) is 11.5 Å². The van der Waals surface area contributed by atoms with Crippen molar-refractivity contribution in [2.75, 3.05) is 20.3 Å². The molecule has 31 heavy (non-hydrogen) atoms. The molecule has 1 aliphatic rings. The lowest BCUT2D eigenvalue weighted by Gasteiger charge is -2.27. The Balaban J connectivity index is 2.34. The molecule has 2 rings (SSSR count). The number of nitriles is 1. The van der Waals surface area contributed by atoms with E-state index >= 15 is 0 Å². The van der Waals surface area contributed by atoms with Crippen molar-refractivity contribution in [1.82, 2.24) is 4.90 Å². The van der Waals surface area contributed by atoms with Gasteiger partial charge in [-0.25, -0.2) is 0 Å². The van der Waals surface area contributed by atoms with Gasteiger partial charge in [0.15, 0.2) is 11.5 Å². The van der Waals surface area contributed by atoms with Crippen LogP contribution in [0.1, 0.15) is 64.9 Å². The number of carbonyl (C=O) groups is 2. The summed E-state index contributed by atoms with van der Waals surface area (Å²) in [5, 5.41) is 9.50. The van der Waals surface area contributed by atoms with Gasteiger partial charge in [-0.15, -0.1) is 0 Å². The summed E-state index contributed by atoms with van der Waals surface area (Å²) in [4.78, 5) is 26.9. The molecule has 0 atom stereocenters. The van der Waals surface area contributed by atoms with Crippen LogP contribution in [0, 0.1) is 11.3 Å². The molecule has 0 bridgehead atoms. The van der Waals surface area contributed by atoms with E-state index in [1.165, 1.54) is 4.90 Å². The summed E-state index contributed by atoms with van der Waals surface area (Å²) in [5.74, 6) is 0.354. The van der Waals surface area contributed by atoms with Crippen molar-refractivity contribution >= 4 is 17.9 Å². The summed E-state index contributed by atoms with van der Waals surface area (Å²) in [7, 11) is 1.57. The zero-order valence-corrected chi connectivity index (χ0v) is 19.0. The summed E-state index contributed by atoms with van der Waals surface area (Å²) in [6, 6.07) is 7.43. The van der Waals surface area contributed by atoms with Gasteiger partial charge >= 0.3 is 0 Å². The molecule has 0 saturated heterocycles. The Labute approximate surface area is 185 Å². The lowest BCUT2D eigenvalue weighted by atomic mass is 9.93. The molecule has 6 heteroatoms. The normalized spacial score (nSPS) is 15.5. The summed E-state index contributed by atoms with van der Waals surface area (Å²) in [6.45, 7) is 6.77. The average molecular weight is 425 g/mol. The Hall–Kier alpha value is -3.07. The predicted molar refractivity (Wildman–Crippen MR) is 121 cm³/mol. The first-order valence-corrected chi connectivity index (χ1v) is 11.0. The Bertz CT molecular complexity index is 909. The van der Waals surface area contributed by atoms with Crippen LogP contribution < -0.4 is 9.47 Å². The van der Waals surface area contributed by atoms with Crippen molar-refractivity contribution in [1.29, 1.82) is 5.26 Å². The summed E-state index contributed by atoms with van der Waals surface area (Å²) in [6.07, 6.45) is 7.52. The van der Waals surface area contributed by atoms with E-state index in [0.717, 1.165) is 44.1 Å². The Morgan fingerprint density at radius 3 is 2.39 bits per heavy atom. The first-order valence-electron chi connectivity index (χ1n) is 11.0. The Morgan fingerprint density at radius 2 is 1.74 bits per heavy atom. The van der Waals surface area contributed by atoms with Crippen LogP contribution in [0.25, 0.3) is 6.08 Å². The average Bonchev–Trinajstić information content (AvgIpc) is 2.77. The number of methoxy groups -OCH3 is 1. The van der Waals surface area contributed by atoms with E-state index in [0.29, 0.717) is 35.8 Å². The highest BCUT2D eigenvalue weighted by Crippen LogP contribution is 2.32. The molecule has 0 aliphatic carbocycles. The van der Waals surface area contributed by atoms with E-state index in [2.05, 4.69) is 13.8 Å². The molecular weight excluding hydrogens is 392 g/mol. The van der Waals surface area contributed by atoms with Crippen LogP contribution in [-0.4, -0.2) is 37.0 Å². The number of rotatable bonds is 11. The van der Waals surface area contributed by atoms with Gasteiger partial charge in [0.2, 0.25) is 0 Å². The van der Waals surface area contributed by atoms with E-state index < -0.39 is 5.91 Å². The second-order valence-corrected chi connectivity index (χ2v) is 7.60. The fourth-order valence-electron chi connectivity index (χ4n) is 3.45. The summed E-state index contributed by atoms with van der Waals surface area (Å²) in [5.41, 5.74) is 1.51. The molecular formula is C25H32N2O4. The fourth-order valence-corrected chi connectivity index (χ4v) is 3.45. The van der Waals surface area contributed by atoms with Gasteiger partial charge in [0.25, 0.3) is 11.8 Å². The summed E-state index contributed by atoms with van der Waals surface area (Å²) < 4.78 is 11.3. The highest BCUT2D eigenvalue weighted by molar-refractivity contribution is 6.19. The molecule has 0 N–H and O–H groups in total. The third-order valence-corrected chi connectivity index (χ3v) is 5.31. The predicted octanol–water partition coefficient (Wildman–Crippen LogP) is 5.05. The number of nitrogens with zero attached hydrogens (tertiary/aromatic N) is 2. The number of benzene rings is 1. The minimum Gasteiger partial charge on any atom is -0.493 e. The number of unbranched alkanes of at least 4 members (excludes halogenated alkanes) is 4. The van der Waals surface area contributed by atoms with Crippen molar-refractivity contribution in [2.24, 2.45) is 0 Å². The maximum absolute atomic E-state index is 13.1. The van der Waals surface area contributed by atoms with E-state index in [4.69, 9.17) is 9.47 Å². The van der Waals surface area contributed by atoms with Gasteiger partial charge in [0, 0.05) is 12.1 Å². The topological polar surface area (TPSA) is 79.6 Å². The lowest BCUT2D eigenvalue weighted by Crippen LogP contribution is -2.43. The van der Waals surface area contributed by atoms with Crippen LogP contribution in [0.15, 0.2) is 34.9 Å². The highest BCUT2D eigenvalue weighted by atomic mass is 16.5. The van der Waals surface area contributed by atoms with Crippen molar-refractivity contribution in [2.45, 2.75) is 59.3 Å². The zero-order chi connectivity index (χ0) is 22.8. The van der Waals surface area contributed by atoms with Crippen LogP contribution in [0.5, 0.6) is 11.5 Å². The molecule has 2 amide bonds. The number of ether oxygens (including phenoxy) is 2. The largest absolute Gasteiger partial charge is 0.493 e. The van der Waals surface area contributed by atoms with Crippen molar-refractivity contribution in [3.63, 3.8) is 0 Å². The Kier molecular flexibility index (Phi) is 9.33. The molecule has 6 nitrogen and oxygen atoms in total. The van der Waals surface area contributed by atoms with Crippen molar-refractivity contribution in [3.8, 4) is 17.6 Å². The fraction of sp³-hybridized carbons (Fsp3) is 0.480. The molecule has 0 aromatic heterocycles. The van der Waals surface area contributed by atoms with Crippen LogP contribution in [0.4, 0.5) is 0 Å². The van der Waals surface area contributed by atoms with Crippen LogP contribution >= 0.6 is 0 Å². The van der Waals surface area contributed by atoms with Crippen molar-refractivity contribution in [3.05, 3.63) is 40.5 Å². The number of hydrogen-bond donors (Lipinski definition) is 0. The maximum Gasteiger partial charge on any atom is 0.271 e. The SMILES string of the molecule is CCCCCOc1ccc(/C=C2/C(=O)N(CCCCC)C(=O)C(C#N)=C2C)cc1OC. The van der Waals surface area contributed by atoms with Crippen LogP contribution in [-0.2, 0) is 9.59 Å². The third-order valence-electron chi connectivity index (χ3n) is 5.31. The second kappa shape index (κ2) is 11.9. The van der Waals surface area contributed by atoms with Crippen LogP contribution in [0.2, 0.25) is 0 Å². The molecule has 0 saturated carbocycles. The number of amides is 2. The molecule has 1 aliphatic heterocycles. The first kappa shape index (κ1) is 24.2. The number of hydrogen-bond acceptors (Lipinski definition) is 5. The van der Waals surface area contributed by atoms with E-state index in [1.54, 1.807) is 26.2 Å². The van der Waals surface area contributed by atoms with E-state index in [1.807, 2.05) is 18.2 Å². The highest BCUT2D eigenvalue weighted by Gasteiger charge is 2.35. The van der Waals surface area contributed by atoms with Gasteiger partial charge in [-0.05, 0) is 49.1 Å². The molecule has 0 spiro atoms. The van der Waals surface area contributed by atoms with Crippen LogP contribution in [0.3, 0.4) is 0 Å². The smallest absolute Gasteiger partial charge is 0.271 e. The van der Waals surface area contributed by atoms with Gasteiger partial charge < -0.3 is 9.47 Å². The second-order valence-electron chi connectivity index (χ2n) is 7.60. The quantitative estimate of drug-likeness (QED) is 0.282. The lowest BCUT2D eigenvalue weighted by molar-refractivity contribution is -0.140. The molecule has 1 heterocycles. The first-order chi connectivity index (χ1) is 15.0. The maximum atomic E-state index is 13.1. The molecule has 1 aromatic carbocycles. The summed E-state index contributed by atoms with van der Waals surface area (Å²) >= 11 is 0. The Morgan fingerprint density at radius 1 is 1.03 bits per heavy atom. The molecule has 1 aromatic rings. The van der Waals surface area contributed by atoms with Gasteiger partial charge in [0.1, 0.15) is 11.6 Å². The number of imide groups is 1. The molecule has 0 fully saturated rings. The van der Waals surface area contributed by atoms with Gasteiger partial charge in [0.05, 0.1) is 13.7 Å². The van der Waals surface area contributed by atoms with E-state index in [9.17, 15) is 14.9 Å². The molecule has 166 valence electrons. The monoisotopic (exact) mass is 424 g/mol. The zero-order valence-electron chi connectivity index (χ0n) is 19.0. The minimum atomic E-state index is -0.508. The third kappa shape index (κ3) is 5.97. The number of carbonyl (C=O) groups excluding carboxylic acids is 2. The van der Waals surface area contributed by atoms with Gasteiger partial charge in [-0.2, -0.15) is 5.26 Å².